The quantitative estimate of drug-likeness (QED) is 0.754. The van der Waals surface area contributed by atoms with Crippen molar-refractivity contribution >= 4 is 11.5 Å². The van der Waals surface area contributed by atoms with E-state index in [0.717, 1.165) is 18.7 Å². The monoisotopic (exact) mass is 251 g/mol. The fourth-order valence-corrected chi connectivity index (χ4v) is 2.05. The molecule has 0 aliphatic carbocycles. The highest BCUT2D eigenvalue weighted by molar-refractivity contribution is 6.02. The van der Waals surface area contributed by atoms with Gasteiger partial charge in [0.25, 0.3) is 0 Å². The van der Waals surface area contributed by atoms with E-state index < -0.39 is 0 Å². The van der Waals surface area contributed by atoms with Crippen LogP contribution in [0.3, 0.4) is 0 Å². The molecular weight excluding hydrogens is 230 g/mol. The van der Waals surface area contributed by atoms with E-state index in [1.54, 1.807) is 13.2 Å². The topological polar surface area (TPSA) is 49.8 Å². The predicted octanol–water partition coefficient (Wildman–Crippen LogP) is 2.11. The number of Topliss-reactive ketones (excluding diaryl/α,β-unsaturated/α-hetero) is 1. The Bertz CT molecular complexity index is 398. The van der Waals surface area contributed by atoms with Gasteiger partial charge < -0.3 is 14.7 Å². The maximum atomic E-state index is 11.8. The molecule has 1 rings (SSSR count). The summed E-state index contributed by atoms with van der Waals surface area (Å²) in [7, 11) is 1.56. The van der Waals surface area contributed by atoms with Crippen LogP contribution in [-0.4, -0.2) is 37.7 Å². The summed E-state index contributed by atoms with van der Waals surface area (Å²) >= 11 is 0. The summed E-state index contributed by atoms with van der Waals surface area (Å²) < 4.78 is 5.24. The third-order valence-corrected chi connectivity index (χ3v) is 2.78. The molecule has 0 radical (unpaired) electrons. The van der Waals surface area contributed by atoms with Gasteiger partial charge in [0.2, 0.25) is 0 Å². The van der Waals surface area contributed by atoms with E-state index in [2.05, 4.69) is 6.92 Å². The minimum atomic E-state index is -0.0264. The Morgan fingerprint density at radius 1 is 1.39 bits per heavy atom. The lowest BCUT2D eigenvalue weighted by Gasteiger charge is -2.26. The second-order valence-electron chi connectivity index (χ2n) is 4.12. The number of carbonyl (C=O) groups is 1. The van der Waals surface area contributed by atoms with Crippen LogP contribution in [0.1, 0.15) is 30.6 Å². The Hall–Kier alpha value is -1.55. The summed E-state index contributed by atoms with van der Waals surface area (Å²) in [6, 6.07) is 5.54. The fourth-order valence-electron chi connectivity index (χ4n) is 2.05. The van der Waals surface area contributed by atoms with E-state index >= 15 is 0 Å². The number of nitrogens with zero attached hydrogens (tertiary/aromatic N) is 1. The number of hydrogen-bond acceptors (Lipinski definition) is 4. The highest BCUT2D eigenvalue weighted by atomic mass is 16.5. The molecule has 0 aromatic heterocycles. The zero-order valence-electron chi connectivity index (χ0n) is 11.3. The van der Waals surface area contributed by atoms with Crippen molar-refractivity contribution in [2.24, 2.45) is 0 Å². The van der Waals surface area contributed by atoms with Crippen LogP contribution in [0.4, 0.5) is 5.69 Å². The Balaban J connectivity index is 3.23. The van der Waals surface area contributed by atoms with Gasteiger partial charge in [0.1, 0.15) is 5.75 Å². The van der Waals surface area contributed by atoms with Crippen molar-refractivity contribution in [2.45, 2.75) is 20.3 Å². The Kier molecular flexibility index (Phi) is 5.65. The highest BCUT2D eigenvalue weighted by Gasteiger charge is 2.17. The fraction of sp³-hybridized carbons (Fsp3) is 0.500. The predicted molar refractivity (Wildman–Crippen MR) is 72.6 cm³/mol. The van der Waals surface area contributed by atoms with Crippen molar-refractivity contribution in [2.75, 3.05) is 31.7 Å². The number of benzene rings is 1. The third kappa shape index (κ3) is 3.23. The Morgan fingerprint density at radius 3 is 2.61 bits per heavy atom. The molecule has 4 nitrogen and oxygen atoms in total. The number of hydrogen-bond donors (Lipinski definition) is 1. The first kappa shape index (κ1) is 14.5. The van der Waals surface area contributed by atoms with Gasteiger partial charge in [0.15, 0.2) is 5.78 Å². The molecule has 0 spiro atoms. The number of ketones is 1. The van der Waals surface area contributed by atoms with Crippen LogP contribution >= 0.6 is 0 Å². The van der Waals surface area contributed by atoms with Gasteiger partial charge in [0, 0.05) is 13.1 Å². The molecule has 1 aromatic rings. The van der Waals surface area contributed by atoms with Crippen molar-refractivity contribution in [1.29, 1.82) is 0 Å². The maximum absolute atomic E-state index is 11.8. The summed E-state index contributed by atoms with van der Waals surface area (Å²) in [5.74, 6) is 0.556. The molecular formula is C14H21NO3. The number of ether oxygens (including phenoxy) is 1. The van der Waals surface area contributed by atoms with Crippen molar-refractivity contribution in [3.8, 4) is 5.75 Å². The smallest absolute Gasteiger partial charge is 0.165 e. The van der Waals surface area contributed by atoms with Gasteiger partial charge in [-0.1, -0.05) is 13.0 Å². The van der Waals surface area contributed by atoms with Crippen LogP contribution in [0.25, 0.3) is 0 Å². The number of rotatable bonds is 7. The van der Waals surface area contributed by atoms with E-state index in [-0.39, 0.29) is 12.4 Å². The van der Waals surface area contributed by atoms with Crippen molar-refractivity contribution in [3.05, 3.63) is 23.8 Å². The zero-order valence-corrected chi connectivity index (χ0v) is 11.3. The van der Waals surface area contributed by atoms with Gasteiger partial charge in [0.05, 0.1) is 25.0 Å². The van der Waals surface area contributed by atoms with E-state index in [1.165, 1.54) is 6.92 Å². The SMILES string of the molecule is CCCN(CCO)c1cccc(OC)c1C(C)=O. The van der Waals surface area contributed by atoms with Crippen molar-refractivity contribution in [3.63, 3.8) is 0 Å². The first-order chi connectivity index (χ1) is 8.65. The molecule has 0 amide bonds. The second kappa shape index (κ2) is 7.01. The van der Waals surface area contributed by atoms with Crippen LogP contribution in [0.15, 0.2) is 18.2 Å². The molecule has 100 valence electrons. The van der Waals surface area contributed by atoms with Gasteiger partial charge in [-0.25, -0.2) is 0 Å². The normalized spacial score (nSPS) is 10.2. The second-order valence-corrected chi connectivity index (χ2v) is 4.12. The summed E-state index contributed by atoms with van der Waals surface area (Å²) in [5.41, 5.74) is 1.42. The van der Waals surface area contributed by atoms with Crippen molar-refractivity contribution in [1.82, 2.24) is 0 Å². The number of aliphatic hydroxyl groups is 1. The number of methoxy groups -OCH3 is 1. The van der Waals surface area contributed by atoms with E-state index in [9.17, 15) is 4.79 Å². The number of anilines is 1. The molecule has 0 atom stereocenters. The molecule has 0 saturated heterocycles. The third-order valence-electron chi connectivity index (χ3n) is 2.78. The highest BCUT2D eigenvalue weighted by Crippen LogP contribution is 2.29. The van der Waals surface area contributed by atoms with Crippen LogP contribution in [0.5, 0.6) is 5.75 Å². The molecule has 0 aliphatic rings. The maximum Gasteiger partial charge on any atom is 0.165 e. The largest absolute Gasteiger partial charge is 0.496 e. The zero-order chi connectivity index (χ0) is 13.5. The molecule has 0 aliphatic heterocycles. The van der Waals surface area contributed by atoms with Gasteiger partial charge in [-0.2, -0.15) is 0 Å². The molecule has 0 unspecified atom stereocenters. The summed E-state index contributed by atoms with van der Waals surface area (Å²) in [5, 5.41) is 9.12. The average molecular weight is 251 g/mol. The molecule has 0 heterocycles. The van der Waals surface area contributed by atoms with Gasteiger partial charge >= 0.3 is 0 Å². The summed E-state index contributed by atoms with van der Waals surface area (Å²) in [6.07, 6.45) is 0.953. The minimum Gasteiger partial charge on any atom is -0.496 e. The lowest BCUT2D eigenvalue weighted by atomic mass is 10.1. The van der Waals surface area contributed by atoms with Crippen LogP contribution in [-0.2, 0) is 0 Å². The lowest BCUT2D eigenvalue weighted by Crippen LogP contribution is -2.29. The molecule has 0 fully saturated rings. The minimum absolute atomic E-state index is 0.0264. The van der Waals surface area contributed by atoms with Gasteiger partial charge in [-0.15, -0.1) is 0 Å². The molecule has 0 saturated carbocycles. The summed E-state index contributed by atoms with van der Waals surface area (Å²) in [6.45, 7) is 4.98. The first-order valence-electron chi connectivity index (χ1n) is 6.19. The Labute approximate surface area is 108 Å². The lowest BCUT2D eigenvalue weighted by molar-refractivity contribution is 0.101. The van der Waals surface area contributed by atoms with Crippen LogP contribution in [0.2, 0.25) is 0 Å². The average Bonchev–Trinajstić information content (AvgIpc) is 2.37. The van der Waals surface area contributed by atoms with Crippen LogP contribution in [0, 0.1) is 0 Å². The Morgan fingerprint density at radius 2 is 2.11 bits per heavy atom. The van der Waals surface area contributed by atoms with E-state index in [0.29, 0.717) is 17.9 Å². The standard InChI is InChI=1S/C14H21NO3/c1-4-8-15(9-10-16)12-6-5-7-13(18-3)14(12)11(2)17/h5-7,16H,4,8-10H2,1-3H3. The molecule has 1 aromatic carbocycles. The molecule has 1 N–H and O–H groups in total. The van der Waals surface area contributed by atoms with Gasteiger partial charge in [-0.3, -0.25) is 4.79 Å². The van der Waals surface area contributed by atoms with Crippen molar-refractivity contribution < 1.29 is 14.6 Å². The van der Waals surface area contributed by atoms with E-state index in [1.807, 2.05) is 17.0 Å². The van der Waals surface area contributed by atoms with Gasteiger partial charge in [-0.05, 0) is 25.5 Å². The molecule has 0 bridgehead atoms. The number of carbonyl (C=O) groups excluding carboxylic acids is 1. The van der Waals surface area contributed by atoms with E-state index in [4.69, 9.17) is 9.84 Å². The molecule has 18 heavy (non-hydrogen) atoms. The summed E-state index contributed by atoms with van der Waals surface area (Å²) in [4.78, 5) is 13.8. The first-order valence-corrected chi connectivity index (χ1v) is 6.19. The molecule has 4 heteroatoms. The van der Waals surface area contributed by atoms with Crippen LogP contribution < -0.4 is 9.64 Å². The number of aliphatic hydroxyl groups excluding tert-OH is 1.